The number of likely N-dealkylation sites (tertiary alicyclic amines) is 1. The van der Waals surface area contributed by atoms with Gasteiger partial charge in [0.2, 0.25) is 0 Å². The number of para-hydroxylation sites is 1. The summed E-state index contributed by atoms with van der Waals surface area (Å²) >= 11 is 0. The van der Waals surface area contributed by atoms with Crippen molar-refractivity contribution in [2.45, 2.75) is 24.7 Å². The summed E-state index contributed by atoms with van der Waals surface area (Å²) in [5.74, 6) is 0.542. The van der Waals surface area contributed by atoms with Crippen LogP contribution in [0.5, 0.6) is 0 Å². The van der Waals surface area contributed by atoms with Gasteiger partial charge >= 0.3 is 0 Å². The molecule has 1 aromatic rings. The zero-order valence-corrected chi connectivity index (χ0v) is 12.2. The zero-order valence-electron chi connectivity index (χ0n) is 12.2. The molecule has 4 atom stereocenters. The lowest BCUT2D eigenvalue weighted by molar-refractivity contribution is -0.111. The number of benzene rings is 1. The number of anilines is 1. The molecule has 21 heavy (non-hydrogen) atoms. The number of hydrogen-bond donors (Lipinski definition) is 3. The molecule has 2 aliphatic heterocycles. The quantitative estimate of drug-likeness (QED) is 0.727. The van der Waals surface area contributed by atoms with Crippen LogP contribution >= 0.6 is 0 Å². The van der Waals surface area contributed by atoms with Crippen LogP contribution in [-0.4, -0.2) is 71.3 Å². The second kappa shape index (κ2) is 6.32. The van der Waals surface area contributed by atoms with E-state index in [0.717, 1.165) is 26.1 Å². The number of aliphatic hydroxyl groups is 3. The second-order valence-corrected chi connectivity index (χ2v) is 6.28. The highest BCUT2D eigenvalue weighted by molar-refractivity contribution is 5.46. The van der Waals surface area contributed by atoms with Gasteiger partial charge in [-0.05, 0) is 24.5 Å². The smallest absolute Gasteiger partial charge is 0.108 e. The van der Waals surface area contributed by atoms with Crippen molar-refractivity contribution >= 4 is 5.69 Å². The van der Waals surface area contributed by atoms with Crippen LogP contribution in [0.1, 0.15) is 6.42 Å². The molecule has 3 rings (SSSR count). The lowest BCUT2D eigenvalue weighted by Gasteiger charge is -2.38. The van der Waals surface area contributed by atoms with Crippen LogP contribution in [0.15, 0.2) is 30.3 Å². The SMILES string of the molecule is O[C@H]1[C@H](O)CN(C[C@H]2CCN(c3ccccc3)C2)C[C@@H]1O. The Hall–Kier alpha value is -1.14. The summed E-state index contributed by atoms with van der Waals surface area (Å²) in [6.07, 6.45) is -1.58. The minimum absolute atomic E-state index is 0.445. The highest BCUT2D eigenvalue weighted by Crippen LogP contribution is 2.25. The van der Waals surface area contributed by atoms with Crippen molar-refractivity contribution < 1.29 is 15.3 Å². The van der Waals surface area contributed by atoms with Gasteiger partial charge in [-0.1, -0.05) is 18.2 Å². The van der Waals surface area contributed by atoms with Crippen LogP contribution in [0, 0.1) is 5.92 Å². The molecule has 0 saturated carbocycles. The van der Waals surface area contributed by atoms with Gasteiger partial charge in [-0.15, -0.1) is 0 Å². The molecule has 2 heterocycles. The number of hydrogen-bond acceptors (Lipinski definition) is 5. The molecule has 116 valence electrons. The van der Waals surface area contributed by atoms with Crippen molar-refractivity contribution in [1.82, 2.24) is 4.90 Å². The minimum atomic E-state index is -1.01. The first kappa shape index (κ1) is 14.8. The third-order valence-corrected chi connectivity index (χ3v) is 4.60. The predicted octanol–water partition coefficient (Wildman–Crippen LogP) is -0.0888. The van der Waals surface area contributed by atoms with E-state index in [1.54, 1.807) is 0 Å². The average molecular weight is 292 g/mol. The molecule has 2 aliphatic rings. The van der Waals surface area contributed by atoms with E-state index in [0.29, 0.717) is 19.0 Å². The van der Waals surface area contributed by atoms with E-state index in [-0.39, 0.29) is 0 Å². The van der Waals surface area contributed by atoms with Gasteiger partial charge in [0.15, 0.2) is 0 Å². The van der Waals surface area contributed by atoms with Gasteiger partial charge in [-0.2, -0.15) is 0 Å². The summed E-state index contributed by atoms with van der Waals surface area (Å²) in [6.45, 7) is 3.82. The van der Waals surface area contributed by atoms with Gasteiger partial charge in [0.1, 0.15) is 6.10 Å². The Morgan fingerprint density at radius 2 is 1.62 bits per heavy atom. The predicted molar refractivity (Wildman–Crippen MR) is 81.2 cm³/mol. The van der Waals surface area contributed by atoms with Gasteiger partial charge in [0.25, 0.3) is 0 Å². The third kappa shape index (κ3) is 3.37. The molecule has 0 radical (unpaired) electrons. The lowest BCUT2D eigenvalue weighted by Crippen LogP contribution is -2.56. The molecule has 0 bridgehead atoms. The number of aliphatic hydroxyl groups excluding tert-OH is 3. The fourth-order valence-electron chi connectivity index (χ4n) is 3.45. The number of piperidine rings is 1. The summed E-state index contributed by atoms with van der Waals surface area (Å²) in [7, 11) is 0. The van der Waals surface area contributed by atoms with Crippen LogP contribution in [0.3, 0.4) is 0 Å². The van der Waals surface area contributed by atoms with Crippen LogP contribution in [0.4, 0.5) is 5.69 Å². The Bertz CT molecular complexity index is 444. The Balaban J connectivity index is 1.53. The minimum Gasteiger partial charge on any atom is -0.389 e. The number of β-amino-alcohol motifs (C(OH)–C–C–N with tert-alkyl or cyclic N) is 2. The normalized spacial score (nSPS) is 34.3. The topological polar surface area (TPSA) is 67.2 Å². The first-order valence-corrected chi connectivity index (χ1v) is 7.70. The molecule has 2 fully saturated rings. The zero-order chi connectivity index (χ0) is 14.8. The largest absolute Gasteiger partial charge is 0.389 e. The summed E-state index contributed by atoms with van der Waals surface area (Å²) in [5, 5.41) is 29.1. The van der Waals surface area contributed by atoms with Gasteiger partial charge in [-0.3, -0.25) is 4.90 Å². The van der Waals surface area contributed by atoms with Gasteiger partial charge in [0, 0.05) is 38.4 Å². The maximum atomic E-state index is 9.76. The van der Waals surface area contributed by atoms with Crippen molar-refractivity contribution in [3.05, 3.63) is 30.3 Å². The van der Waals surface area contributed by atoms with Crippen LogP contribution in [-0.2, 0) is 0 Å². The van der Waals surface area contributed by atoms with E-state index in [1.807, 2.05) is 6.07 Å². The summed E-state index contributed by atoms with van der Waals surface area (Å²) in [6, 6.07) is 10.4. The molecule has 0 spiro atoms. The monoisotopic (exact) mass is 292 g/mol. The van der Waals surface area contributed by atoms with Crippen molar-refractivity contribution in [3.8, 4) is 0 Å². The first-order valence-electron chi connectivity index (χ1n) is 7.70. The molecule has 0 unspecified atom stereocenters. The average Bonchev–Trinajstić information content (AvgIpc) is 2.94. The summed E-state index contributed by atoms with van der Waals surface area (Å²) in [4.78, 5) is 4.46. The van der Waals surface area contributed by atoms with Crippen LogP contribution in [0.25, 0.3) is 0 Å². The summed E-state index contributed by atoms with van der Waals surface area (Å²) < 4.78 is 0. The molecular weight excluding hydrogens is 268 g/mol. The summed E-state index contributed by atoms with van der Waals surface area (Å²) in [5.41, 5.74) is 1.26. The Labute approximate surface area is 125 Å². The molecular formula is C16H24N2O3. The third-order valence-electron chi connectivity index (χ3n) is 4.60. The van der Waals surface area contributed by atoms with Gasteiger partial charge in [-0.25, -0.2) is 0 Å². The first-order chi connectivity index (χ1) is 10.1. The Kier molecular flexibility index (Phi) is 4.45. The Morgan fingerprint density at radius 3 is 2.29 bits per heavy atom. The van der Waals surface area contributed by atoms with Crippen molar-refractivity contribution in [1.29, 1.82) is 0 Å². The van der Waals surface area contributed by atoms with Crippen LogP contribution < -0.4 is 4.90 Å². The standard InChI is InChI=1S/C16H24N2O3/c19-14-10-17(11-15(20)16(14)21)8-12-6-7-18(9-12)13-4-2-1-3-5-13/h1-5,12,14-16,19-21H,6-11H2/t12-,14-,15+,16+/m1/s1. The number of nitrogens with zero attached hydrogens (tertiary/aromatic N) is 2. The maximum Gasteiger partial charge on any atom is 0.108 e. The van der Waals surface area contributed by atoms with E-state index in [4.69, 9.17) is 0 Å². The maximum absolute atomic E-state index is 9.76. The van der Waals surface area contributed by atoms with Gasteiger partial charge < -0.3 is 20.2 Å². The molecule has 2 saturated heterocycles. The highest BCUT2D eigenvalue weighted by atomic mass is 16.4. The lowest BCUT2D eigenvalue weighted by atomic mass is 10.00. The van der Waals surface area contributed by atoms with Crippen molar-refractivity contribution in [3.63, 3.8) is 0 Å². The fourth-order valence-corrected chi connectivity index (χ4v) is 3.45. The molecule has 5 heteroatoms. The van der Waals surface area contributed by atoms with Crippen molar-refractivity contribution in [2.24, 2.45) is 5.92 Å². The van der Waals surface area contributed by atoms with E-state index in [1.165, 1.54) is 5.69 Å². The Morgan fingerprint density at radius 1 is 0.952 bits per heavy atom. The van der Waals surface area contributed by atoms with Crippen LogP contribution in [0.2, 0.25) is 0 Å². The van der Waals surface area contributed by atoms with E-state index in [2.05, 4.69) is 34.1 Å². The van der Waals surface area contributed by atoms with Crippen molar-refractivity contribution in [2.75, 3.05) is 37.6 Å². The molecule has 5 nitrogen and oxygen atoms in total. The molecule has 1 aromatic carbocycles. The molecule has 0 amide bonds. The highest BCUT2D eigenvalue weighted by Gasteiger charge is 2.35. The molecule has 0 aromatic heterocycles. The van der Waals surface area contributed by atoms with E-state index in [9.17, 15) is 15.3 Å². The van der Waals surface area contributed by atoms with Gasteiger partial charge in [0.05, 0.1) is 12.2 Å². The molecule has 3 N–H and O–H groups in total. The second-order valence-electron chi connectivity index (χ2n) is 6.28. The fraction of sp³-hybridized carbons (Fsp3) is 0.625. The van der Waals surface area contributed by atoms with E-state index >= 15 is 0 Å². The molecule has 0 aliphatic carbocycles. The van der Waals surface area contributed by atoms with E-state index < -0.39 is 18.3 Å². The number of rotatable bonds is 3.